The van der Waals surface area contributed by atoms with Crippen LogP contribution in [-0.2, 0) is 9.47 Å². The number of Topliss-reactive ketones (excluding diaryl/α,β-unsaturated/α-hetero) is 2. The molecule has 0 saturated heterocycles. The minimum atomic E-state index is -0.452. The van der Waals surface area contributed by atoms with Crippen LogP contribution >= 0.6 is 23.5 Å². The molecule has 284 valence electrons. The second-order valence-corrected chi connectivity index (χ2v) is 16.3. The number of hydrogen-bond acceptors (Lipinski definition) is 8. The maximum Gasteiger partial charge on any atom is 0.339 e. The molecule has 0 fully saturated rings. The van der Waals surface area contributed by atoms with Crippen molar-refractivity contribution in [2.75, 3.05) is 13.2 Å². The van der Waals surface area contributed by atoms with Crippen LogP contribution < -0.4 is 0 Å². The van der Waals surface area contributed by atoms with E-state index in [0.717, 1.165) is 62.0 Å². The van der Waals surface area contributed by atoms with Crippen LogP contribution in [-0.4, -0.2) is 36.7 Å². The number of esters is 2. The Hall–Kier alpha value is -2.84. The van der Waals surface area contributed by atoms with Gasteiger partial charge < -0.3 is 9.47 Å². The Kier molecular flexibility index (Phi) is 19.1. The zero-order valence-electron chi connectivity index (χ0n) is 31.7. The fourth-order valence-electron chi connectivity index (χ4n) is 6.83. The Morgan fingerprint density at radius 2 is 0.769 bits per heavy atom. The van der Waals surface area contributed by atoms with Crippen LogP contribution in [0.3, 0.4) is 0 Å². The van der Waals surface area contributed by atoms with Crippen molar-refractivity contribution in [3.8, 4) is 0 Å². The molecule has 0 spiro atoms. The standard InChI is InChI=1S/C44H60O6S2/c1-3-5-7-9-11-13-15-17-19-21-23-31-49-43(47)35-29-25-27-33-37(45)41(51-39(33)35)42-38(46)34-28-26-30-36(40(34)52-42)44(48)50-32-24-22-20-18-16-14-12-10-8-6-4-2/h25-30H,3-24,31-32H2,1-2H3/b42-41-. The number of unbranched alkanes of at least 4 members (excludes halogenated alkanes) is 20. The highest BCUT2D eigenvalue weighted by molar-refractivity contribution is 8.08. The first-order valence-corrected chi connectivity index (χ1v) is 21.9. The molecule has 0 aliphatic carbocycles. The molecule has 2 aromatic rings. The Morgan fingerprint density at radius 3 is 1.10 bits per heavy atom. The molecule has 0 saturated carbocycles. The Morgan fingerprint density at radius 1 is 0.462 bits per heavy atom. The predicted octanol–water partition coefficient (Wildman–Crippen LogP) is 13.1. The van der Waals surface area contributed by atoms with E-state index in [-0.39, 0.29) is 21.4 Å². The van der Waals surface area contributed by atoms with Gasteiger partial charge in [-0.1, -0.05) is 178 Å². The third-order valence-electron chi connectivity index (χ3n) is 9.95. The van der Waals surface area contributed by atoms with E-state index in [0.29, 0.717) is 45.3 Å². The van der Waals surface area contributed by atoms with E-state index in [9.17, 15) is 19.2 Å². The lowest BCUT2D eigenvalue weighted by molar-refractivity contribution is 0.0484. The Bertz CT molecular complexity index is 1400. The third kappa shape index (κ3) is 12.6. The van der Waals surface area contributed by atoms with Crippen LogP contribution in [0.2, 0.25) is 0 Å². The monoisotopic (exact) mass is 748 g/mol. The number of rotatable bonds is 26. The smallest absolute Gasteiger partial charge is 0.339 e. The zero-order valence-corrected chi connectivity index (χ0v) is 33.3. The van der Waals surface area contributed by atoms with E-state index in [1.165, 1.54) is 103 Å². The summed E-state index contributed by atoms with van der Waals surface area (Å²) in [6.07, 6.45) is 26.8. The van der Waals surface area contributed by atoms with E-state index in [1.807, 2.05) is 0 Å². The molecular weight excluding hydrogens is 689 g/mol. The highest BCUT2D eigenvalue weighted by atomic mass is 32.2. The number of benzene rings is 2. The van der Waals surface area contributed by atoms with E-state index in [4.69, 9.17) is 9.47 Å². The molecule has 0 bridgehead atoms. The normalized spacial score (nSPS) is 14.9. The fraction of sp³-hybridized carbons (Fsp3) is 0.591. The molecular formula is C44H60O6S2. The van der Waals surface area contributed by atoms with Gasteiger partial charge in [-0.3, -0.25) is 9.59 Å². The summed E-state index contributed by atoms with van der Waals surface area (Å²) in [6, 6.07) is 10.1. The van der Waals surface area contributed by atoms with Crippen LogP contribution in [0.1, 0.15) is 197 Å². The first kappa shape index (κ1) is 41.9. The van der Waals surface area contributed by atoms with E-state index in [1.54, 1.807) is 36.4 Å². The molecule has 2 aliphatic heterocycles. The van der Waals surface area contributed by atoms with Crippen molar-refractivity contribution in [2.45, 2.75) is 165 Å². The van der Waals surface area contributed by atoms with Crippen molar-refractivity contribution in [2.24, 2.45) is 0 Å². The second-order valence-electron chi connectivity index (χ2n) is 14.2. The van der Waals surface area contributed by atoms with Crippen LogP contribution in [0.25, 0.3) is 0 Å². The van der Waals surface area contributed by atoms with Crippen molar-refractivity contribution in [3.63, 3.8) is 0 Å². The van der Waals surface area contributed by atoms with Gasteiger partial charge in [-0.2, -0.15) is 0 Å². The lowest BCUT2D eigenvalue weighted by atomic mass is 10.0. The van der Waals surface area contributed by atoms with Gasteiger partial charge in [0.1, 0.15) is 0 Å². The molecule has 2 heterocycles. The molecule has 0 radical (unpaired) electrons. The van der Waals surface area contributed by atoms with Gasteiger partial charge >= 0.3 is 11.9 Å². The van der Waals surface area contributed by atoms with Crippen molar-refractivity contribution >= 4 is 47.0 Å². The minimum Gasteiger partial charge on any atom is -0.462 e. The first-order chi connectivity index (χ1) is 25.5. The van der Waals surface area contributed by atoms with Crippen LogP contribution in [0.4, 0.5) is 0 Å². The number of thioether (sulfide) groups is 2. The highest BCUT2D eigenvalue weighted by Gasteiger charge is 2.39. The molecule has 8 heteroatoms. The SMILES string of the molecule is CCCCCCCCCCCCCOC(=O)c1cccc2c1S/C(=C1\Sc3c(C(=O)OCCCCCCCCCCCCC)cccc3C1=O)C2=O. The summed E-state index contributed by atoms with van der Waals surface area (Å²) >= 11 is 2.30. The van der Waals surface area contributed by atoms with Gasteiger partial charge in [0, 0.05) is 20.9 Å². The quantitative estimate of drug-likeness (QED) is 0.0534. The van der Waals surface area contributed by atoms with Gasteiger partial charge in [0.05, 0.1) is 34.2 Å². The zero-order chi connectivity index (χ0) is 37.0. The summed E-state index contributed by atoms with van der Waals surface area (Å²) in [4.78, 5) is 55.1. The Labute approximate surface area is 321 Å². The van der Waals surface area contributed by atoms with E-state index in [2.05, 4.69) is 13.8 Å². The molecule has 6 nitrogen and oxygen atoms in total. The summed E-state index contributed by atoms with van der Waals surface area (Å²) in [5.41, 5.74) is 1.48. The fourth-order valence-corrected chi connectivity index (χ4v) is 9.33. The minimum absolute atomic E-state index is 0.284. The topological polar surface area (TPSA) is 86.7 Å². The molecule has 4 rings (SSSR count). The van der Waals surface area contributed by atoms with Gasteiger partial charge in [0.25, 0.3) is 0 Å². The number of fused-ring (bicyclic) bond motifs is 2. The van der Waals surface area contributed by atoms with Gasteiger partial charge in [-0.15, -0.1) is 0 Å². The van der Waals surface area contributed by atoms with Crippen LogP contribution in [0, 0.1) is 0 Å². The summed E-state index contributed by atoms with van der Waals surface area (Å²) in [5, 5.41) is 0. The molecule has 52 heavy (non-hydrogen) atoms. The van der Waals surface area contributed by atoms with Gasteiger partial charge in [0.2, 0.25) is 11.6 Å². The second kappa shape index (κ2) is 23.7. The Balaban J connectivity index is 1.23. The molecule has 0 unspecified atom stereocenters. The summed E-state index contributed by atoms with van der Waals surface area (Å²) in [5.74, 6) is -1.48. The third-order valence-corrected chi connectivity index (χ3v) is 12.6. The predicted molar refractivity (Wildman–Crippen MR) is 214 cm³/mol. The maximum absolute atomic E-state index is 13.6. The number of carbonyl (C=O) groups is 4. The van der Waals surface area contributed by atoms with Crippen molar-refractivity contribution in [1.82, 2.24) is 0 Å². The van der Waals surface area contributed by atoms with Crippen molar-refractivity contribution in [1.29, 1.82) is 0 Å². The first-order valence-electron chi connectivity index (χ1n) is 20.3. The average Bonchev–Trinajstić information content (AvgIpc) is 3.67. The lowest BCUT2D eigenvalue weighted by Gasteiger charge is -2.08. The summed E-state index contributed by atoms with van der Waals surface area (Å²) in [7, 11) is 0. The lowest BCUT2D eigenvalue weighted by Crippen LogP contribution is -2.08. The average molecular weight is 749 g/mol. The maximum atomic E-state index is 13.6. The number of allylic oxidation sites excluding steroid dienone is 2. The van der Waals surface area contributed by atoms with Crippen LogP contribution in [0.15, 0.2) is 56.0 Å². The highest BCUT2D eigenvalue weighted by Crippen LogP contribution is 2.51. The number of hydrogen-bond donors (Lipinski definition) is 0. The molecule has 2 aliphatic rings. The summed E-state index contributed by atoms with van der Waals surface area (Å²) in [6.45, 7) is 5.17. The largest absolute Gasteiger partial charge is 0.462 e. The van der Waals surface area contributed by atoms with Crippen molar-refractivity contribution < 1.29 is 28.7 Å². The number of ether oxygens (including phenoxy) is 2. The van der Waals surface area contributed by atoms with Crippen LogP contribution in [0.5, 0.6) is 0 Å². The van der Waals surface area contributed by atoms with E-state index < -0.39 is 11.9 Å². The molecule has 2 aromatic carbocycles. The molecule has 0 atom stereocenters. The van der Waals surface area contributed by atoms with Gasteiger partial charge in [0.15, 0.2) is 0 Å². The van der Waals surface area contributed by atoms with Gasteiger partial charge in [-0.05, 0) is 37.1 Å². The van der Waals surface area contributed by atoms with Crippen molar-refractivity contribution in [3.05, 3.63) is 68.5 Å². The number of carbonyl (C=O) groups excluding carboxylic acids is 4. The number of ketones is 2. The van der Waals surface area contributed by atoms with Gasteiger partial charge in [-0.25, -0.2) is 9.59 Å². The molecule has 0 aromatic heterocycles. The molecule has 0 amide bonds. The van der Waals surface area contributed by atoms with E-state index >= 15 is 0 Å². The molecule has 0 N–H and O–H groups in total. The summed E-state index contributed by atoms with van der Waals surface area (Å²) < 4.78 is 11.3.